The van der Waals surface area contributed by atoms with Crippen LogP contribution in [0.4, 0.5) is 0 Å². The highest BCUT2D eigenvalue weighted by Gasteiger charge is 2.25. The Balaban J connectivity index is 1.48. The van der Waals surface area contributed by atoms with Crippen molar-refractivity contribution in [1.29, 1.82) is 0 Å². The highest BCUT2D eigenvalue weighted by Crippen LogP contribution is 2.33. The maximum atomic E-state index is 4.86. The molecule has 0 saturated carbocycles. The Labute approximate surface area is 145 Å². The van der Waals surface area contributed by atoms with E-state index >= 15 is 0 Å². The minimum Gasteiger partial charge on any atom is -0.295 e. The molecule has 1 fully saturated rings. The fourth-order valence-corrected chi connectivity index (χ4v) is 4.48. The van der Waals surface area contributed by atoms with E-state index in [1.54, 1.807) is 0 Å². The Hall–Kier alpha value is -1.86. The summed E-state index contributed by atoms with van der Waals surface area (Å²) in [5.74, 6) is 1.49. The van der Waals surface area contributed by atoms with E-state index in [-0.39, 0.29) is 0 Å². The highest BCUT2D eigenvalue weighted by atomic mass is 32.1. The van der Waals surface area contributed by atoms with Gasteiger partial charge in [-0.3, -0.25) is 4.90 Å². The van der Waals surface area contributed by atoms with E-state index in [0.717, 1.165) is 43.9 Å². The molecule has 2 aromatic heterocycles. The van der Waals surface area contributed by atoms with Crippen LogP contribution in [0.15, 0.2) is 24.3 Å². The van der Waals surface area contributed by atoms with E-state index in [4.69, 9.17) is 4.98 Å². The fraction of sp³-hybridized carbons (Fsp3) is 0.529. The molecule has 1 aromatic carbocycles. The number of piperidine rings is 1. The molecule has 0 aliphatic carbocycles. The van der Waals surface area contributed by atoms with Gasteiger partial charge < -0.3 is 0 Å². The third kappa shape index (κ3) is 3.18. The summed E-state index contributed by atoms with van der Waals surface area (Å²) in [6, 6.07) is 8.42. The summed E-state index contributed by atoms with van der Waals surface area (Å²) in [7, 11) is 0. The maximum absolute atomic E-state index is 4.86. The lowest BCUT2D eigenvalue weighted by atomic mass is 9.99. The normalized spacial score (nSPS) is 19.1. The van der Waals surface area contributed by atoms with Crippen molar-refractivity contribution in [3.8, 4) is 0 Å². The number of likely N-dealkylation sites (tertiary alicyclic amines) is 1. The number of nitrogens with zero attached hydrogens (tertiary/aromatic N) is 6. The summed E-state index contributed by atoms with van der Waals surface area (Å²) in [6.45, 7) is 6.01. The molecule has 1 aliphatic heterocycles. The Bertz CT molecular complexity index is 777. The van der Waals surface area contributed by atoms with Crippen molar-refractivity contribution in [3.63, 3.8) is 0 Å². The van der Waals surface area contributed by atoms with Crippen LogP contribution in [0.5, 0.6) is 0 Å². The first kappa shape index (κ1) is 15.7. The third-order valence-corrected chi connectivity index (χ3v) is 5.77. The zero-order valence-corrected chi connectivity index (χ0v) is 14.7. The number of hydrogen-bond acceptors (Lipinski definition) is 6. The standard InChI is InChI=1S/C17H22N6S/c1-2-9-23-16(19-20-21-23)12-22-10-5-6-13(11-22)17-18-14-7-3-4-8-15(14)24-17/h3-4,7-8,13H,2,5-6,9-12H2,1H3/t13-/m1/s1. The van der Waals surface area contributed by atoms with Crippen LogP contribution in [0.1, 0.15) is 42.9 Å². The summed E-state index contributed by atoms with van der Waals surface area (Å²) in [5.41, 5.74) is 1.13. The minimum absolute atomic E-state index is 0.520. The van der Waals surface area contributed by atoms with E-state index in [1.165, 1.54) is 22.5 Å². The Morgan fingerprint density at radius 3 is 3.08 bits per heavy atom. The van der Waals surface area contributed by atoms with Gasteiger partial charge in [0.15, 0.2) is 5.82 Å². The van der Waals surface area contributed by atoms with Crippen LogP contribution in [-0.2, 0) is 13.1 Å². The lowest BCUT2D eigenvalue weighted by Gasteiger charge is -2.31. The molecule has 3 aromatic rings. The number of benzene rings is 1. The molecule has 126 valence electrons. The van der Waals surface area contributed by atoms with Crippen molar-refractivity contribution >= 4 is 21.6 Å². The number of fused-ring (bicyclic) bond motifs is 1. The molecule has 1 saturated heterocycles. The molecule has 0 radical (unpaired) electrons. The topological polar surface area (TPSA) is 59.7 Å². The molecule has 3 heterocycles. The van der Waals surface area contributed by atoms with Crippen molar-refractivity contribution < 1.29 is 0 Å². The molecule has 0 amide bonds. The smallest absolute Gasteiger partial charge is 0.165 e. The summed E-state index contributed by atoms with van der Waals surface area (Å²) >= 11 is 1.84. The van der Waals surface area contributed by atoms with Crippen molar-refractivity contribution in [2.45, 2.75) is 45.2 Å². The first-order chi connectivity index (χ1) is 11.8. The van der Waals surface area contributed by atoms with Crippen molar-refractivity contribution in [2.75, 3.05) is 13.1 Å². The number of aryl methyl sites for hydroxylation is 1. The van der Waals surface area contributed by atoms with Crippen LogP contribution < -0.4 is 0 Å². The fourth-order valence-electron chi connectivity index (χ4n) is 3.39. The van der Waals surface area contributed by atoms with Crippen molar-refractivity contribution in [2.24, 2.45) is 0 Å². The van der Waals surface area contributed by atoms with Gasteiger partial charge in [-0.25, -0.2) is 9.67 Å². The van der Waals surface area contributed by atoms with Gasteiger partial charge in [0.25, 0.3) is 0 Å². The first-order valence-electron chi connectivity index (χ1n) is 8.66. The summed E-state index contributed by atoms with van der Waals surface area (Å²) in [4.78, 5) is 7.33. The van der Waals surface area contributed by atoms with Crippen molar-refractivity contribution in [3.05, 3.63) is 35.1 Å². The predicted octanol–water partition coefficient (Wildman–Crippen LogP) is 3.07. The van der Waals surface area contributed by atoms with Crippen LogP contribution in [0.3, 0.4) is 0 Å². The van der Waals surface area contributed by atoms with Crippen molar-refractivity contribution in [1.82, 2.24) is 30.1 Å². The molecular weight excluding hydrogens is 320 g/mol. The SMILES string of the molecule is CCCn1nnnc1CN1CCC[C@@H](c2nc3ccccc3s2)C1. The van der Waals surface area contributed by atoms with E-state index in [1.807, 2.05) is 16.0 Å². The van der Waals surface area contributed by atoms with Gasteiger partial charge in [-0.05, 0) is 48.4 Å². The van der Waals surface area contributed by atoms with Gasteiger partial charge in [0.05, 0.1) is 21.8 Å². The molecule has 6 nitrogen and oxygen atoms in total. The van der Waals surface area contributed by atoms with Crippen LogP contribution in [0.25, 0.3) is 10.2 Å². The van der Waals surface area contributed by atoms with Gasteiger partial charge in [0, 0.05) is 19.0 Å². The second kappa shape index (κ2) is 6.94. The van der Waals surface area contributed by atoms with E-state index in [0.29, 0.717) is 5.92 Å². The number of thiazole rings is 1. The van der Waals surface area contributed by atoms with Crippen LogP contribution in [-0.4, -0.2) is 43.2 Å². The predicted molar refractivity (Wildman–Crippen MR) is 95.0 cm³/mol. The van der Waals surface area contributed by atoms with Gasteiger partial charge in [0.2, 0.25) is 0 Å². The zero-order valence-electron chi connectivity index (χ0n) is 13.9. The minimum atomic E-state index is 0.520. The summed E-state index contributed by atoms with van der Waals surface area (Å²) in [5, 5.41) is 13.4. The van der Waals surface area contributed by atoms with E-state index in [9.17, 15) is 0 Å². The van der Waals surface area contributed by atoms with Crippen LogP contribution in [0, 0.1) is 0 Å². The lowest BCUT2D eigenvalue weighted by Crippen LogP contribution is -2.34. The lowest BCUT2D eigenvalue weighted by molar-refractivity contribution is 0.192. The Morgan fingerprint density at radius 1 is 1.29 bits per heavy atom. The maximum Gasteiger partial charge on any atom is 0.165 e. The van der Waals surface area contributed by atoms with Gasteiger partial charge in [-0.1, -0.05) is 19.1 Å². The molecule has 7 heteroatoms. The van der Waals surface area contributed by atoms with Gasteiger partial charge in [-0.2, -0.15) is 0 Å². The second-order valence-corrected chi connectivity index (χ2v) is 7.47. The average molecular weight is 342 g/mol. The highest BCUT2D eigenvalue weighted by molar-refractivity contribution is 7.18. The third-order valence-electron chi connectivity index (χ3n) is 4.57. The van der Waals surface area contributed by atoms with E-state index in [2.05, 4.69) is 51.6 Å². The number of rotatable bonds is 5. The Kier molecular flexibility index (Phi) is 4.53. The van der Waals surface area contributed by atoms with Gasteiger partial charge >= 0.3 is 0 Å². The first-order valence-corrected chi connectivity index (χ1v) is 9.48. The second-order valence-electron chi connectivity index (χ2n) is 6.41. The van der Waals surface area contributed by atoms with Gasteiger partial charge in [-0.15, -0.1) is 16.4 Å². The van der Waals surface area contributed by atoms with Crippen LogP contribution in [0.2, 0.25) is 0 Å². The van der Waals surface area contributed by atoms with Gasteiger partial charge in [0.1, 0.15) is 0 Å². The zero-order chi connectivity index (χ0) is 16.4. The molecule has 24 heavy (non-hydrogen) atoms. The molecule has 0 spiro atoms. The molecule has 4 rings (SSSR count). The molecule has 1 atom stereocenters. The monoisotopic (exact) mass is 342 g/mol. The summed E-state index contributed by atoms with van der Waals surface area (Å²) in [6.07, 6.45) is 3.47. The van der Waals surface area contributed by atoms with Crippen LogP contribution >= 0.6 is 11.3 Å². The number of tetrazole rings is 1. The summed E-state index contributed by atoms with van der Waals surface area (Å²) < 4.78 is 3.22. The van der Waals surface area contributed by atoms with E-state index < -0.39 is 0 Å². The number of para-hydroxylation sites is 1. The number of aromatic nitrogens is 5. The molecule has 1 aliphatic rings. The number of hydrogen-bond donors (Lipinski definition) is 0. The molecule has 0 unspecified atom stereocenters. The Morgan fingerprint density at radius 2 is 2.21 bits per heavy atom. The molecule has 0 N–H and O–H groups in total. The largest absolute Gasteiger partial charge is 0.295 e. The molecular formula is C17H22N6S. The average Bonchev–Trinajstić information content (AvgIpc) is 3.22. The molecule has 0 bridgehead atoms. The quantitative estimate of drug-likeness (QED) is 0.713.